The lowest BCUT2D eigenvalue weighted by molar-refractivity contribution is -0.384. The van der Waals surface area contributed by atoms with Gasteiger partial charge in [0.05, 0.1) is 17.0 Å². The molecule has 0 saturated heterocycles. The second-order valence-electron chi connectivity index (χ2n) is 5.31. The third-order valence-corrected chi connectivity index (χ3v) is 4.22. The molecule has 0 atom stereocenters. The molecule has 0 saturated carbocycles. The van der Waals surface area contributed by atoms with Crippen molar-refractivity contribution in [1.29, 1.82) is 0 Å². The molecule has 3 rings (SSSR count). The predicted molar refractivity (Wildman–Crippen MR) is 92.9 cm³/mol. The molecule has 0 spiro atoms. The molecular weight excluding hydrogens is 364 g/mol. The zero-order valence-corrected chi connectivity index (χ0v) is 13.9. The van der Waals surface area contributed by atoms with Gasteiger partial charge in [-0.15, -0.1) is 11.3 Å². The highest BCUT2D eigenvalue weighted by Gasteiger charge is 2.13. The third-order valence-electron chi connectivity index (χ3n) is 3.47. The van der Waals surface area contributed by atoms with Gasteiger partial charge in [0, 0.05) is 23.1 Å². The Labute approximate surface area is 150 Å². The number of halogens is 2. The molecule has 26 heavy (non-hydrogen) atoms. The number of nitrogens with one attached hydrogen (secondary N) is 1. The number of anilines is 1. The molecule has 0 aliphatic heterocycles. The minimum Gasteiger partial charge on any atom is -0.302 e. The van der Waals surface area contributed by atoms with Crippen LogP contribution in [0, 0.1) is 21.7 Å². The number of non-ortho nitro benzene ring substituents is 1. The van der Waals surface area contributed by atoms with Crippen molar-refractivity contribution in [2.24, 2.45) is 0 Å². The Balaban J connectivity index is 1.68. The summed E-state index contributed by atoms with van der Waals surface area (Å²) in [6.07, 6.45) is 0.00122. The summed E-state index contributed by atoms with van der Waals surface area (Å²) in [6.45, 7) is 0. The van der Waals surface area contributed by atoms with E-state index >= 15 is 0 Å². The van der Waals surface area contributed by atoms with Gasteiger partial charge in [0.1, 0.15) is 11.6 Å². The maximum absolute atomic E-state index is 13.8. The number of hydrogen-bond acceptors (Lipinski definition) is 5. The molecule has 1 aromatic heterocycles. The Bertz CT molecular complexity index is 974. The minimum atomic E-state index is -0.611. The Morgan fingerprint density at radius 1 is 1.19 bits per heavy atom. The van der Waals surface area contributed by atoms with Crippen LogP contribution in [0.5, 0.6) is 0 Å². The average molecular weight is 375 g/mol. The molecule has 3 aromatic rings. The van der Waals surface area contributed by atoms with E-state index in [1.807, 2.05) is 0 Å². The summed E-state index contributed by atoms with van der Waals surface area (Å²) in [6, 6.07) is 8.68. The third kappa shape index (κ3) is 4.06. The Kier molecular flexibility index (Phi) is 4.99. The van der Waals surface area contributed by atoms with E-state index in [0.29, 0.717) is 5.56 Å². The molecular formula is C17H11F2N3O3S. The summed E-state index contributed by atoms with van der Waals surface area (Å²) in [7, 11) is 0. The number of thiazole rings is 1. The number of nitrogens with zero attached hydrogens (tertiary/aromatic N) is 2. The van der Waals surface area contributed by atoms with E-state index in [-0.39, 0.29) is 34.4 Å². The van der Waals surface area contributed by atoms with Crippen LogP contribution >= 0.6 is 11.3 Å². The van der Waals surface area contributed by atoms with E-state index in [2.05, 4.69) is 10.3 Å². The van der Waals surface area contributed by atoms with Crippen molar-refractivity contribution < 1.29 is 18.5 Å². The van der Waals surface area contributed by atoms with Crippen LogP contribution in [0.25, 0.3) is 11.3 Å². The van der Waals surface area contributed by atoms with Gasteiger partial charge < -0.3 is 5.32 Å². The normalized spacial score (nSPS) is 10.5. The fraction of sp³-hybridized carbons (Fsp3) is 0.0588. The van der Waals surface area contributed by atoms with Crippen LogP contribution in [-0.2, 0) is 11.2 Å². The summed E-state index contributed by atoms with van der Waals surface area (Å²) in [4.78, 5) is 26.2. The molecule has 6 nitrogen and oxygen atoms in total. The predicted octanol–water partition coefficient (Wildman–Crippen LogP) is 4.18. The average Bonchev–Trinajstić information content (AvgIpc) is 3.05. The van der Waals surface area contributed by atoms with E-state index in [1.165, 1.54) is 29.6 Å². The van der Waals surface area contributed by atoms with Crippen molar-refractivity contribution in [1.82, 2.24) is 4.98 Å². The second-order valence-corrected chi connectivity index (χ2v) is 6.17. The van der Waals surface area contributed by atoms with Crippen LogP contribution in [0.3, 0.4) is 0 Å². The van der Waals surface area contributed by atoms with Crippen molar-refractivity contribution in [3.63, 3.8) is 0 Å². The van der Waals surface area contributed by atoms with Crippen LogP contribution < -0.4 is 5.32 Å². The number of hydrogen-bond donors (Lipinski definition) is 1. The van der Waals surface area contributed by atoms with Gasteiger partial charge in [0.25, 0.3) is 5.69 Å². The van der Waals surface area contributed by atoms with Gasteiger partial charge in [0.2, 0.25) is 5.91 Å². The van der Waals surface area contributed by atoms with E-state index in [9.17, 15) is 23.7 Å². The second kappa shape index (κ2) is 7.36. The Hall–Kier alpha value is -3.20. The van der Waals surface area contributed by atoms with Crippen molar-refractivity contribution in [3.8, 4) is 11.3 Å². The van der Waals surface area contributed by atoms with Crippen LogP contribution in [0.4, 0.5) is 19.6 Å². The zero-order chi connectivity index (χ0) is 18.7. The summed E-state index contributed by atoms with van der Waals surface area (Å²) in [5, 5.41) is 14.9. The Morgan fingerprint density at radius 2 is 1.92 bits per heavy atom. The molecule has 2 aromatic carbocycles. The lowest BCUT2D eigenvalue weighted by atomic mass is 10.1. The first kappa shape index (κ1) is 17.6. The Morgan fingerprint density at radius 3 is 2.62 bits per heavy atom. The largest absolute Gasteiger partial charge is 0.302 e. The van der Waals surface area contributed by atoms with Crippen LogP contribution in [-0.4, -0.2) is 15.8 Å². The number of amides is 1. The van der Waals surface area contributed by atoms with Gasteiger partial charge >= 0.3 is 0 Å². The molecule has 0 aliphatic carbocycles. The number of nitro benzene ring substituents is 1. The first-order valence-electron chi connectivity index (χ1n) is 7.36. The van der Waals surface area contributed by atoms with Gasteiger partial charge in [0.15, 0.2) is 5.13 Å². The monoisotopic (exact) mass is 375 g/mol. The molecule has 1 amide bonds. The molecule has 0 radical (unpaired) electrons. The van der Waals surface area contributed by atoms with Crippen molar-refractivity contribution in [3.05, 3.63) is 75.2 Å². The fourth-order valence-corrected chi connectivity index (χ4v) is 2.96. The van der Waals surface area contributed by atoms with Gasteiger partial charge in [-0.1, -0.05) is 12.1 Å². The lowest BCUT2D eigenvalue weighted by Crippen LogP contribution is -2.14. The van der Waals surface area contributed by atoms with Gasteiger partial charge in [-0.25, -0.2) is 13.8 Å². The standard InChI is InChI=1S/C17H11F2N3O3S/c18-11-3-6-14(19)13(8-11)15-9-26-17(20-15)21-16(23)7-10-1-4-12(5-2-10)22(24)25/h1-6,8-9H,7H2,(H,20,21,23). The molecule has 1 heterocycles. The smallest absolute Gasteiger partial charge is 0.269 e. The maximum Gasteiger partial charge on any atom is 0.269 e. The minimum absolute atomic E-state index is 0.00122. The highest BCUT2D eigenvalue weighted by molar-refractivity contribution is 7.14. The number of rotatable bonds is 5. The van der Waals surface area contributed by atoms with Crippen LogP contribution in [0.2, 0.25) is 0 Å². The maximum atomic E-state index is 13.8. The van der Waals surface area contributed by atoms with Crippen LogP contribution in [0.1, 0.15) is 5.56 Å². The quantitative estimate of drug-likeness (QED) is 0.536. The molecule has 9 heteroatoms. The fourth-order valence-electron chi connectivity index (χ4n) is 2.23. The molecule has 0 aliphatic rings. The van der Waals surface area contributed by atoms with Gasteiger partial charge in [-0.2, -0.15) is 0 Å². The summed E-state index contributed by atoms with van der Waals surface area (Å²) < 4.78 is 27.0. The number of nitro groups is 1. The van der Waals surface area contributed by atoms with Gasteiger partial charge in [-0.05, 0) is 23.8 Å². The van der Waals surface area contributed by atoms with E-state index in [4.69, 9.17) is 0 Å². The molecule has 132 valence electrons. The summed E-state index contributed by atoms with van der Waals surface area (Å²) >= 11 is 1.08. The van der Waals surface area contributed by atoms with Crippen molar-refractivity contribution in [2.45, 2.75) is 6.42 Å². The molecule has 0 bridgehead atoms. The van der Waals surface area contributed by atoms with Crippen LogP contribution in [0.15, 0.2) is 47.8 Å². The van der Waals surface area contributed by atoms with Gasteiger partial charge in [-0.3, -0.25) is 14.9 Å². The molecule has 0 unspecified atom stereocenters. The number of benzene rings is 2. The highest BCUT2D eigenvalue weighted by Crippen LogP contribution is 2.27. The summed E-state index contributed by atoms with van der Waals surface area (Å²) in [5.41, 5.74) is 0.770. The molecule has 1 N–H and O–H groups in total. The first-order chi connectivity index (χ1) is 12.4. The van der Waals surface area contributed by atoms with E-state index < -0.39 is 16.6 Å². The summed E-state index contributed by atoms with van der Waals surface area (Å²) in [5.74, 6) is -1.57. The van der Waals surface area contributed by atoms with Crippen molar-refractivity contribution in [2.75, 3.05) is 5.32 Å². The topological polar surface area (TPSA) is 85.1 Å². The number of aromatic nitrogens is 1. The zero-order valence-electron chi connectivity index (χ0n) is 13.1. The highest BCUT2D eigenvalue weighted by atomic mass is 32.1. The van der Waals surface area contributed by atoms with Crippen molar-refractivity contribution >= 4 is 28.1 Å². The first-order valence-corrected chi connectivity index (χ1v) is 8.24. The SMILES string of the molecule is O=C(Cc1ccc([N+](=O)[O-])cc1)Nc1nc(-c2cc(F)ccc2F)cs1. The number of carbonyl (C=O) groups excluding carboxylic acids is 1. The van der Waals surface area contributed by atoms with E-state index in [0.717, 1.165) is 29.5 Å². The lowest BCUT2D eigenvalue weighted by Gasteiger charge is -2.02. The molecule has 0 fully saturated rings. The van der Waals surface area contributed by atoms with E-state index in [1.54, 1.807) is 0 Å². The number of carbonyl (C=O) groups is 1.